The molecule has 0 aliphatic heterocycles. The van der Waals surface area contributed by atoms with Gasteiger partial charge in [0.05, 0.1) is 0 Å². The van der Waals surface area contributed by atoms with Gasteiger partial charge in [0, 0.05) is 12.6 Å². The van der Waals surface area contributed by atoms with E-state index in [1.807, 2.05) is 6.08 Å². The van der Waals surface area contributed by atoms with Gasteiger partial charge in [-0.05, 0) is 38.0 Å². The summed E-state index contributed by atoms with van der Waals surface area (Å²) in [6.07, 6.45) is 27.2. The number of carbonyl (C=O) groups excluding carboxylic acids is 1. The molecule has 0 aromatic carbocycles. The van der Waals surface area contributed by atoms with Gasteiger partial charge in [-0.2, -0.15) is 0 Å². The van der Waals surface area contributed by atoms with Crippen molar-refractivity contribution in [3.8, 4) is 0 Å². The van der Waals surface area contributed by atoms with Crippen LogP contribution in [-0.4, -0.2) is 12.5 Å². The largest absolute Gasteiger partial charge is 0.352 e. The van der Waals surface area contributed by atoms with Crippen molar-refractivity contribution >= 4 is 5.91 Å². The topological polar surface area (TPSA) is 29.1 Å². The second-order valence-corrected chi connectivity index (χ2v) is 6.20. The van der Waals surface area contributed by atoms with E-state index < -0.39 is 0 Å². The summed E-state index contributed by atoms with van der Waals surface area (Å²) >= 11 is 0. The first-order chi connectivity index (χ1) is 11.7. The Morgan fingerprint density at radius 1 is 0.792 bits per heavy atom. The Kier molecular flexibility index (Phi) is 16.2. The number of hydrogen-bond acceptors (Lipinski definition) is 1. The van der Waals surface area contributed by atoms with Gasteiger partial charge in [-0.3, -0.25) is 4.79 Å². The zero-order chi connectivity index (χ0) is 17.9. The molecule has 134 valence electrons. The van der Waals surface area contributed by atoms with Crippen molar-refractivity contribution in [1.29, 1.82) is 0 Å². The van der Waals surface area contributed by atoms with Gasteiger partial charge in [0.25, 0.3) is 0 Å². The molecule has 0 aliphatic rings. The summed E-state index contributed by atoms with van der Waals surface area (Å²) in [7, 11) is 0. The van der Waals surface area contributed by atoms with E-state index in [4.69, 9.17) is 0 Å². The molecule has 0 aromatic heterocycles. The fraction of sp³-hybridized carbons (Fsp3) is 0.500. The summed E-state index contributed by atoms with van der Waals surface area (Å²) in [5.74, 6) is 0.458. The molecular weight excluding hydrogens is 294 g/mol. The second kappa shape index (κ2) is 17.5. The highest BCUT2D eigenvalue weighted by atomic mass is 16.1. The molecule has 0 radical (unpaired) electrons. The van der Waals surface area contributed by atoms with Gasteiger partial charge >= 0.3 is 0 Å². The van der Waals surface area contributed by atoms with E-state index in [0.717, 1.165) is 32.2 Å². The van der Waals surface area contributed by atoms with Gasteiger partial charge in [-0.15, -0.1) is 0 Å². The third-order valence-electron chi connectivity index (χ3n) is 3.18. The second-order valence-electron chi connectivity index (χ2n) is 6.20. The lowest BCUT2D eigenvalue weighted by Crippen LogP contribution is -2.25. The highest BCUT2D eigenvalue weighted by molar-refractivity contribution is 5.87. The van der Waals surface area contributed by atoms with Crippen molar-refractivity contribution in [3.63, 3.8) is 0 Å². The number of amides is 1. The Balaban J connectivity index is 3.61. The van der Waals surface area contributed by atoms with Crippen LogP contribution in [0.1, 0.15) is 59.3 Å². The van der Waals surface area contributed by atoms with Crippen LogP contribution in [-0.2, 0) is 4.79 Å². The van der Waals surface area contributed by atoms with E-state index in [1.54, 1.807) is 12.2 Å². The summed E-state index contributed by atoms with van der Waals surface area (Å²) in [4.78, 5) is 11.4. The van der Waals surface area contributed by atoms with E-state index in [2.05, 4.69) is 68.6 Å². The third-order valence-corrected chi connectivity index (χ3v) is 3.18. The average molecular weight is 330 g/mol. The predicted molar refractivity (Wildman–Crippen MR) is 107 cm³/mol. The summed E-state index contributed by atoms with van der Waals surface area (Å²) in [6.45, 7) is 7.08. The number of unbranched alkanes of at least 4 members (excludes halogenated alkanes) is 3. The zero-order valence-corrected chi connectivity index (χ0v) is 15.7. The molecule has 0 saturated carbocycles. The van der Waals surface area contributed by atoms with Gasteiger partial charge in [-0.1, -0.05) is 81.9 Å². The van der Waals surface area contributed by atoms with Gasteiger partial charge in [-0.25, -0.2) is 0 Å². The van der Waals surface area contributed by atoms with Crippen LogP contribution in [0.2, 0.25) is 0 Å². The van der Waals surface area contributed by atoms with Gasteiger partial charge in [0.1, 0.15) is 0 Å². The van der Waals surface area contributed by atoms with Crippen molar-refractivity contribution in [2.24, 2.45) is 5.92 Å². The first-order valence-corrected chi connectivity index (χ1v) is 9.24. The number of hydrogen-bond donors (Lipinski definition) is 1. The van der Waals surface area contributed by atoms with E-state index in [9.17, 15) is 4.79 Å². The standard InChI is InChI=1S/C22H35NO/c1-4-5-6-7-8-9-10-11-12-13-14-15-16-17-18-19-22(24)23-20-21(2)3/h6-7,10-13,16-19,21H,4-5,8-9,14-15,20H2,1-3H3,(H,23,24). The van der Waals surface area contributed by atoms with Gasteiger partial charge in [0.15, 0.2) is 0 Å². The van der Waals surface area contributed by atoms with E-state index in [1.165, 1.54) is 12.8 Å². The van der Waals surface area contributed by atoms with Crippen LogP contribution in [0.5, 0.6) is 0 Å². The highest BCUT2D eigenvalue weighted by Gasteiger charge is 1.95. The number of carbonyl (C=O) groups is 1. The Labute approximate surface area is 149 Å². The third kappa shape index (κ3) is 18.2. The van der Waals surface area contributed by atoms with Crippen LogP contribution in [0.3, 0.4) is 0 Å². The van der Waals surface area contributed by atoms with Crippen LogP contribution < -0.4 is 5.32 Å². The molecule has 1 amide bonds. The molecule has 0 saturated heterocycles. The molecule has 1 N–H and O–H groups in total. The Morgan fingerprint density at radius 2 is 1.29 bits per heavy atom. The molecule has 0 rings (SSSR count). The lowest BCUT2D eigenvalue weighted by molar-refractivity contribution is -0.116. The fourth-order valence-electron chi connectivity index (χ4n) is 1.82. The molecule has 0 unspecified atom stereocenters. The minimum atomic E-state index is -0.0251. The van der Waals surface area contributed by atoms with Crippen molar-refractivity contribution in [1.82, 2.24) is 5.32 Å². The molecular formula is C22H35NO. The van der Waals surface area contributed by atoms with E-state index >= 15 is 0 Å². The summed E-state index contributed by atoms with van der Waals surface area (Å²) in [6, 6.07) is 0. The monoisotopic (exact) mass is 329 g/mol. The van der Waals surface area contributed by atoms with E-state index in [0.29, 0.717) is 5.92 Å². The molecule has 0 bridgehead atoms. The molecule has 0 aromatic rings. The summed E-state index contributed by atoms with van der Waals surface area (Å²) < 4.78 is 0. The highest BCUT2D eigenvalue weighted by Crippen LogP contribution is 1.98. The molecule has 0 spiro atoms. The molecule has 0 heterocycles. The van der Waals surface area contributed by atoms with E-state index in [-0.39, 0.29) is 5.91 Å². The fourth-order valence-corrected chi connectivity index (χ4v) is 1.82. The SMILES string of the molecule is CCCC=CCCC=CC=CCCC=CC=CC(=O)NCC(C)C. The van der Waals surface area contributed by atoms with Crippen LogP contribution in [0.4, 0.5) is 0 Å². The number of rotatable bonds is 13. The quantitative estimate of drug-likeness (QED) is 0.194. The first-order valence-electron chi connectivity index (χ1n) is 9.24. The van der Waals surface area contributed by atoms with Gasteiger partial charge in [0.2, 0.25) is 5.91 Å². The van der Waals surface area contributed by atoms with Crippen LogP contribution in [0.25, 0.3) is 0 Å². The van der Waals surface area contributed by atoms with Crippen LogP contribution in [0, 0.1) is 5.92 Å². The maximum Gasteiger partial charge on any atom is 0.243 e. The Morgan fingerprint density at radius 3 is 1.83 bits per heavy atom. The number of nitrogens with one attached hydrogen (secondary N) is 1. The maximum absolute atomic E-state index is 11.4. The molecule has 0 atom stereocenters. The normalized spacial score (nSPS) is 12.8. The minimum absolute atomic E-state index is 0.0251. The zero-order valence-electron chi connectivity index (χ0n) is 15.7. The average Bonchev–Trinajstić information content (AvgIpc) is 2.56. The minimum Gasteiger partial charge on any atom is -0.352 e. The summed E-state index contributed by atoms with van der Waals surface area (Å²) in [5.41, 5.74) is 0. The molecule has 0 aliphatic carbocycles. The van der Waals surface area contributed by atoms with Crippen molar-refractivity contribution in [2.75, 3.05) is 6.54 Å². The lowest BCUT2D eigenvalue weighted by atomic mass is 10.2. The van der Waals surface area contributed by atoms with Crippen molar-refractivity contribution < 1.29 is 4.79 Å². The summed E-state index contributed by atoms with van der Waals surface area (Å²) in [5, 5.41) is 2.85. The lowest BCUT2D eigenvalue weighted by Gasteiger charge is -2.03. The number of allylic oxidation sites excluding steroid dienone is 9. The molecule has 24 heavy (non-hydrogen) atoms. The van der Waals surface area contributed by atoms with Crippen molar-refractivity contribution in [2.45, 2.75) is 59.3 Å². The molecule has 2 heteroatoms. The first kappa shape index (κ1) is 22.2. The predicted octanol–water partition coefficient (Wildman–Crippen LogP) is 5.90. The molecule has 2 nitrogen and oxygen atoms in total. The van der Waals surface area contributed by atoms with Crippen LogP contribution in [0.15, 0.2) is 60.8 Å². The molecule has 0 fully saturated rings. The Bertz CT molecular complexity index is 439. The Hall–Kier alpha value is -1.83. The van der Waals surface area contributed by atoms with Crippen molar-refractivity contribution in [3.05, 3.63) is 60.8 Å². The smallest absolute Gasteiger partial charge is 0.243 e. The maximum atomic E-state index is 11.4. The van der Waals surface area contributed by atoms with Crippen LogP contribution >= 0.6 is 0 Å². The van der Waals surface area contributed by atoms with Gasteiger partial charge < -0.3 is 5.32 Å².